The summed E-state index contributed by atoms with van der Waals surface area (Å²) in [5.41, 5.74) is 4.59. The predicted octanol–water partition coefficient (Wildman–Crippen LogP) is 4.26. The van der Waals surface area contributed by atoms with Gasteiger partial charge in [0.2, 0.25) is 0 Å². The van der Waals surface area contributed by atoms with Crippen molar-refractivity contribution in [1.29, 1.82) is 0 Å². The summed E-state index contributed by atoms with van der Waals surface area (Å²) < 4.78 is 13.5. The summed E-state index contributed by atoms with van der Waals surface area (Å²) in [6.07, 6.45) is 5.70. The average molecular weight is 575 g/mol. The summed E-state index contributed by atoms with van der Waals surface area (Å²) in [6, 6.07) is 16.7. The highest BCUT2D eigenvalue weighted by atomic mass is 127. The third-order valence-electron chi connectivity index (χ3n) is 5.57. The van der Waals surface area contributed by atoms with Gasteiger partial charge in [0.25, 0.3) is 0 Å². The molecule has 7 nitrogen and oxygen atoms in total. The van der Waals surface area contributed by atoms with E-state index < -0.39 is 0 Å². The Morgan fingerprint density at radius 1 is 1.21 bits per heavy atom. The summed E-state index contributed by atoms with van der Waals surface area (Å²) in [7, 11) is 0. The first kappa shape index (κ1) is 26.0. The van der Waals surface area contributed by atoms with Crippen LogP contribution < -0.4 is 15.4 Å². The standard InChI is InChI=1S/C26H33N5O2.HI/c1-3-27-26(28-14-11-21-6-9-23(10-7-21)31-15-4-13-30-31)29-18-22-8-5-20(2)17-25(22)33-24-12-16-32-19-24;/h4-10,13,15,17,24H,3,11-12,14,16,18-19H2,1-2H3,(H2,27,28,29);1H. The van der Waals surface area contributed by atoms with E-state index in [0.717, 1.165) is 55.5 Å². The lowest BCUT2D eigenvalue weighted by molar-refractivity contribution is 0.140. The first-order valence-electron chi connectivity index (χ1n) is 11.7. The Bertz CT molecular complexity index is 1030. The number of hydrogen-bond acceptors (Lipinski definition) is 4. The zero-order chi connectivity index (χ0) is 22.9. The Morgan fingerprint density at radius 2 is 2.06 bits per heavy atom. The summed E-state index contributed by atoms with van der Waals surface area (Å²) >= 11 is 0. The monoisotopic (exact) mass is 575 g/mol. The molecule has 1 aromatic heterocycles. The second-order valence-corrected chi connectivity index (χ2v) is 8.20. The van der Waals surface area contributed by atoms with Crippen LogP contribution in [0.5, 0.6) is 5.75 Å². The Labute approximate surface area is 219 Å². The van der Waals surface area contributed by atoms with E-state index in [1.807, 2.05) is 16.9 Å². The molecule has 2 N–H and O–H groups in total. The van der Waals surface area contributed by atoms with Gasteiger partial charge >= 0.3 is 0 Å². The van der Waals surface area contributed by atoms with Gasteiger partial charge in [-0.15, -0.1) is 24.0 Å². The quantitative estimate of drug-likeness (QED) is 0.227. The highest BCUT2D eigenvalue weighted by Crippen LogP contribution is 2.24. The molecule has 0 radical (unpaired) electrons. The fraction of sp³-hybridized carbons (Fsp3) is 0.385. The van der Waals surface area contributed by atoms with Gasteiger partial charge in [0, 0.05) is 37.5 Å². The summed E-state index contributed by atoms with van der Waals surface area (Å²) in [5.74, 6) is 1.71. The SMILES string of the molecule is CCNC(=NCc1ccc(C)cc1OC1CCOC1)NCCc1ccc(-n2cccn2)cc1.I. The van der Waals surface area contributed by atoms with Crippen molar-refractivity contribution in [2.24, 2.45) is 4.99 Å². The van der Waals surface area contributed by atoms with Crippen LogP contribution >= 0.6 is 24.0 Å². The zero-order valence-corrected chi connectivity index (χ0v) is 22.2. The third kappa shape index (κ3) is 7.46. The zero-order valence-electron chi connectivity index (χ0n) is 19.9. The van der Waals surface area contributed by atoms with Gasteiger partial charge in [-0.05, 0) is 55.7 Å². The lowest BCUT2D eigenvalue weighted by atomic mass is 10.1. The summed E-state index contributed by atoms with van der Waals surface area (Å²) in [6.45, 7) is 7.74. The minimum atomic E-state index is 0. The molecule has 0 aliphatic carbocycles. The van der Waals surface area contributed by atoms with Crippen LogP contribution in [0.4, 0.5) is 0 Å². The lowest BCUT2D eigenvalue weighted by Gasteiger charge is -2.16. The van der Waals surface area contributed by atoms with Crippen LogP contribution in [0.25, 0.3) is 5.69 Å². The average Bonchev–Trinajstić information content (AvgIpc) is 3.54. The van der Waals surface area contributed by atoms with Crippen molar-refractivity contribution in [2.75, 3.05) is 26.3 Å². The van der Waals surface area contributed by atoms with Gasteiger partial charge in [0.05, 0.1) is 25.4 Å². The molecular weight excluding hydrogens is 541 g/mol. The van der Waals surface area contributed by atoms with Gasteiger partial charge in [-0.2, -0.15) is 5.10 Å². The molecule has 0 spiro atoms. The van der Waals surface area contributed by atoms with Gasteiger partial charge in [-0.25, -0.2) is 9.67 Å². The highest BCUT2D eigenvalue weighted by molar-refractivity contribution is 14.0. The number of ether oxygens (including phenoxy) is 2. The minimum absolute atomic E-state index is 0. The number of benzene rings is 2. The summed E-state index contributed by atoms with van der Waals surface area (Å²) in [5, 5.41) is 11.1. The van der Waals surface area contributed by atoms with Crippen molar-refractivity contribution >= 4 is 29.9 Å². The molecule has 0 amide bonds. The van der Waals surface area contributed by atoms with Crippen molar-refractivity contribution in [3.63, 3.8) is 0 Å². The molecule has 1 aliphatic rings. The van der Waals surface area contributed by atoms with E-state index in [-0.39, 0.29) is 30.1 Å². The van der Waals surface area contributed by atoms with Crippen LogP contribution in [-0.2, 0) is 17.7 Å². The molecule has 2 heterocycles. The Kier molecular flexibility index (Phi) is 10.2. The maximum absolute atomic E-state index is 6.21. The molecule has 2 aromatic carbocycles. The largest absolute Gasteiger partial charge is 0.488 e. The molecule has 1 saturated heterocycles. The van der Waals surface area contributed by atoms with Crippen molar-refractivity contribution in [1.82, 2.24) is 20.4 Å². The molecule has 0 bridgehead atoms. The Morgan fingerprint density at radius 3 is 2.76 bits per heavy atom. The molecule has 8 heteroatoms. The molecule has 1 fully saturated rings. The Balaban J connectivity index is 0.00000324. The molecule has 1 atom stereocenters. The molecular formula is C26H34IN5O2. The number of hydrogen-bond donors (Lipinski definition) is 2. The number of aliphatic imine (C=N–C) groups is 1. The molecule has 1 unspecified atom stereocenters. The van der Waals surface area contributed by atoms with Gasteiger partial charge in [-0.1, -0.05) is 24.3 Å². The molecule has 34 heavy (non-hydrogen) atoms. The Hall–Kier alpha value is -2.59. The van der Waals surface area contributed by atoms with Gasteiger partial charge < -0.3 is 20.1 Å². The second kappa shape index (κ2) is 13.3. The molecule has 4 rings (SSSR count). The van der Waals surface area contributed by atoms with E-state index in [9.17, 15) is 0 Å². The molecule has 1 aliphatic heterocycles. The van der Waals surface area contributed by atoms with Gasteiger partial charge in [0.1, 0.15) is 11.9 Å². The highest BCUT2D eigenvalue weighted by Gasteiger charge is 2.18. The van der Waals surface area contributed by atoms with Crippen LogP contribution in [0.15, 0.2) is 65.9 Å². The van der Waals surface area contributed by atoms with Crippen LogP contribution in [0.2, 0.25) is 0 Å². The number of aromatic nitrogens is 2. The lowest BCUT2D eigenvalue weighted by Crippen LogP contribution is -2.38. The van der Waals surface area contributed by atoms with Gasteiger partial charge in [0.15, 0.2) is 5.96 Å². The number of halogens is 1. The van der Waals surface area contributed by atoms with Crippen molar-refractivity contribution in [2.45, 2.75) is 39.3 Å². The molecule has 182 valence electrons. The van der Waals surface area contributed by atoms with E-state index in [1.165, 1.54) is 11.1 Å². The first-order chi connectivity index (χ1) is 16.2. The smallest absolute Gasteiger partial charge is 0.191 e. The van der Waals surface area contributed by atoms with Crippen molar-refractivity contribution < 1.29 is 9.47 Å². The first-order valence-corrected chi connectivity index (χ1v) is 11.7. The van der Waals surface area contributed by atoms with Crippen LogP contribution in [-0.4, -0.2) is 48.1 Å². The second-order valence-electron chi connectivity index (χ2n) is 8.20. The minimum Gasteiger partial charge on any atom is -0.488 e. The number of nitrogens with zero attached hydrogens (tertiary/aromatic N) is 3. The van der Waals surface area contributed by atoms with Crippen LogP contribution in [0, 0.1) is 6.92 Å². The maximum Gasteiger partial charge on any atom is 0.191 e. The van der Waals surface area contributed by atoms with Crippen molar-refractivity contribution in [3.8, 4) is 11.4 Å². The van der Waals surface area contributed by atoms with E-state index >= 15 is 0 Å². The number of rotatable bonds is 9. The van der Waals surface area contributed by atoms with Crippen LogP contribution in [0.3, 0.4) is 0 Å². The number of guanidine groups is 1. The van der Waals surface area contributed by atoms with E-state index in [2.05, 4.69) is 72.0 Å². The number of aryl methyl sites for hydroxylation is 1. The van der Waals surface area contributed by atoms with Crippen molar-refractivity contribution in [3.05, 3.63) is 77.6 Å². The van der Waals surface area contributed by atoms with Crippen LogP contribution in [0.1, 0.15) is 30.0 Å². The fourth-order valence-corrected chi connectivity index (χ4v) is 3.76. The van der Waals surface area contributed by atoms with E-state index in [0.29, 0.717) is 13.2 Å². The predicted molar refractivity (Wildman–Crippen MR) is 147 cm³/mol. The molecule has 3 aromatic rings. The maximum atomic E-state index is 6.21. The normalized spacial score (nSPS) is 15.6. The summed E-state index contributed by atoms with van der Waals surface area (Å²) in [4.78, 5) is 4.80. The van der Waals surface area contributed by atoms with E-state index in [4.69, 9.17) is 14.5 Å². The van der Waals surface area contributed by atoms with Gasteiger partial charge in [-0.3, -0.25) is 0 Å². The number of nitrogens with one attached hydrogen (secondary N) is 2. The third-order valence-corrected chi connectivity index (χ3v) is 5.57. The topological polar surface area (TPSA) is 72.7 Å². The molecule has 0 saturated carbocycles. The van der Waals surface area contributed by atoms with E-state index in [1.54, 1.807) is 6.20 Å². The fourth-order valence-electron chi connectivity index (χ4n) is 3.76.